The zero-order valence-electron chi connectivity index (χ0n) is 22.6. The van der Waals surface area contributed by atoms with E-state index in [1.807, 2.05) is 13.0 Å². The number of amides is 1. The lowest BCUT2D eigenvalue weighted by atomic mass is 10.0. The van der Waals surface area contributed by atoms with E-state index in [1.165, 1.54) is 37.6 Å². The molecule has 0 spiro atoms. The van der Waals surface area contributed by atoms with Crippen LogP contribution in [0.1, 0.15) is 34.7 Å². The largest absolute Gasteiger partial charge is 0.493 e. The highest BCUT2D eigenvalue weighted by Gasteiger charge is 2.23. The summed E-state index contributed by atoms with van der Waals surface area (Å²) in [5.41, 5.74) is 5.48. The van der Waals surface area contributed by atoms with E-state index >= 15 is 0 Å². The Balaban J connectivity index is 1.39. The molecular weight excluding hydrogens is 545 g/mol. The molecule has 0 saturated carbocycles. The number of methoxy groups -OCH3 is 1. The smallest absolute Gasteiger partial charge is 0.242 e. The number of benzene rings is 4. The van der Waals surface area contributed by atoms with Gasteiger partial charge < -0.3 is 9.47 Å². The Morgan fingerprint density at radius 2 is 1.66 bits per heavy atom. The van der Waals surface area contributed by atoms with Crippen LogP contribution in [0.5, 0.6) is 11.5 Å². The molecule has 0 aliphatic heterocycles. The number of ether oxygens (including phenoxy) is 2. The minimum atomic E-state index is -3.88. The molecular formula is C31H30FN3O5S. The van der Waals surface area contributed by atoms with E-state index in [1.54, 1.807) is 66.7 Å². The number of hydrazone groups is 1. The summed E-state index contributed by atoms with van der Waals surface area (Å²) in [4.78, 5) is 12.9. The van der Waals surface area contributed by atoms with Crippen molar-refractivity contribution in [2.75, 3.05) is 7.11 Å². The minimum Gasteiger partial charge on any atom is -0.493 e. The fourth-order valence-electron chi connectivity index (χ4n) is 3.92. The molecule has 4 aromatic rings. The van der Waals surface area contributed by atoms with E-state index < -0.39 is 22.0 Å². The SMILES string of the molecule is COc1cc(/C=N\NC(=O)C[C@H](NS(=O)(=O)c2ccc(C)cc2)c2ccccc2)ccc1OCc1ccc(F)cc1. The molecule has 0 saturated heterocycles. The maximum Gasteiger partial charge on any atom is 0.242 e. The Bertz CT molecular complexity index is 1590. The molecule has 0 aliphatic carbocycles. The number of hydrogen-bond donors (Lipinski definition) is 2. The molecule has 0 aromatic heterocycles. The van der Waals surface area contributed by atoms with Crippen molar-refractivity contribution >= 4 is 22.1 Å². The third-order valence-electron chi connectivity index (χ3n) is 6.12. The Hall–Kier alpha value is -4.54. The lowest BCUT2D eigenvalue weighted by Crippen LogP contribution is -2.32. The molecule has 0 unspecified atom stereocenters. The third kappa shape index (κ3) is 8.47. The average Bonchev–Trinajstić information content (AvgIpc) is 2.97. The highest BCUT2D eigenvalue weighted by Crippen LogP contribution is 2.28. The first-order valence-corrected chi connectivity index (χ1v) is 14.2. The van der Waals surface area contributed by atoms with Gasteiger partial charge in [0, 0.05) is 6.42 Å². The molecule has 41 heavy (non-hydrogen) atoms. The van der Waals surface area contributed by atoms with Crippen molar-refractivity contribution in [3.63, 3.8) is 0 Å². The van der Waals surface area contributed by atoms with Gasteiger partial charge in [0.1, 0.15) is 12.4 Å². The minimum absolute atomic E-state index is 0.112. The second-order valence-electron chi connectivity index (χ2n) is 9.22. The van der Waals surface area contributed by atoms with Gasteiger partial charge in [0.2, 0.25) is 15.9 Å². The van der Waals surface area contributed by atoms with Crippen LogP contribution in [0.25, 0.3) is 0 Å². The number of carbonyl (C=O) groups excluding carboxylic acids is 1. The van der Waals surface area contributed by atoms with Crippen molar-refractivity contribution in [2.24, 2.45) is 5.10 Å². The second kappa shape index (κ2) is 13.7. The number of carbonyl (C=O) groups is 1. The van der Waals surface area contributed by atoms with Crippen molar-refractivity contribution in [2.45, 2.75) is 30.9 Å². The van der Waals surface area contributed by atoms with Gasteiger partial charge in [-0.3, -0.25) is 4.79 Å². The summed E-state index contributed by atoms with van der Waals surface area (Å²) in [7, 11) is -2.38. The quantitative estimate of drug-likeness (QED) is 0.177. The van der Waals surface area contributed by atoms with Crippen LogP contribution in [0, 0.1) is 12.7 Å². The summed E-state index contributed by atoms with van der Waals surface area (Å²) in [6, 6.07) is 25.7. The van der Waals surface area contributed by atoms with E-state index in [0.717, 1.165) is 11.1 Å². The summed E-state index contributed by atoms with van der Waals surface area (Å²) < 4.78 is 53.0. The van der Waals surface area contributed by atoms with Crippen molar-refractivity contribution in [1.82, 2.24) is 10.1 Å². The fourth-order valence-corrected chi connectivity index (χ4v) is 5.15. The van der Waals surface area contributed by atoms with Gasteiger partial charge in [-0.15, -0.1) is 0 Å². The number of hydrogen-bond acceptors (Lipinski definition) is 6. The molecule has 8 nitrogen and oxygen atoms in total. The number of halogens is 1. The standard InChI is InChI=1S/C31H30FN3O5S/c1-22-8-15-27(16-9-22)41(37,38)35-28(25-6-4-3-5-7-25)19-31(36)34-33-20-24-12-17-29(30(18-24)39-2)40-21-23-10-13-26(32)14-11-23/h3-18,20,28,35H,19,21H2,1-2H3,(H,34,36)/b33-20-/t28-/m0/s1. The predicted molar refractivity (Wildman–Crippen MR) is 155 cm³/mol. The number of nitrogens with one attached hydrogen (secondary N) is 2. The number of rotatable bonds is 12. The molecule has 0 fully saturated rings. The molecule has 212 valence electrons. The third-order valence-corrected chi connectivity index (χ3v) is 7.61. The van der Waals surface area contributed by atoms with Crippen LogP contribution in [0.4, 0.5) is 4.39 Å². The van der Waals surface area contributed by atoms with Crippen molar-refractivity contribution in [3.8, 4) is 11.5 Å². The van der Waals surface area contributed by atoms with Crippen LogP contribution in [0.2, 0.25) is 0 Å². The first-order valence-electron chi connectivity index (χ1n) is 12.7. The zero-order chi connectivity index (χ0) is 29.2. The molecule has 4 rings (SSSR count). The average molecular weight is 576 g/mol. The van der Waals surface area contributed by atoms with Gasteiger partial charge in [-0.1, -0.05) is 60.2 Å². The normalized spacial score (nSPS) is 12.2. The fraction of sp³-hybridized carbons (Fsp3) is 0.161. The monoisotopic (exact) mass is 575 g/mol. The first-order chi connectivity index (χ1) is 19.7. The summed E-state index contributed by atoms with van der Waals surface area (Å²) in [6.45, 7) is 2.10. The number of aryl methyl sites for hydroxylation is 1. The molecule has 4 aromatic carbocycles. The van der Waals surface area contributed by atoms with Crippen LogP contribution in [-0.4, -0.2) is 27.6 Å². The number of nitrogens with zero attached hydrogens (tertiary/aromatic N) is 1. The van der Waals surface area contributed by atoms with Crippen LogP contribution in [-0.2, 0) is 21.4 Å². The van der Waals surface area contributed by atoms with E-state index in [-0.39, 0.29) is 23.7 Å². The van der Waals surface area contributed by atoms with Crippen LogP contribution >= 0.6 is 0 Å². The van der Waals surface area contributed by atoms with Gasteiger partial charge >= 0.3 is 0 Å². The van der Waals surface area contributed by atoms with Gasteiger partial charge in [-0.2, -0.15) is 5.10 Å². The van der Waals surface area contributed by atoms with E-state index in [2.05, 4.69) is 15.2 Å². The highest BCUT2D eigenvalue weighted by molar-refractivity contribution is 7.89. The number of sulfonamides is 1. The maximum absolute atomic E-state index is 13.1. The Kier molecular flexibility index (Phi) is 9.83. The molecule has 2 N–H and O–H groups in total. The first kappa shape index (κ1) is 29.4. The van der Waals surface area contributed by atoms with E-state index in [0.29, 0.717) is 22.6 Å². The van der Waals surface area contributed by atoms with Crippen LogP contribution in [0.3, 0.4) is 0 Å². The zero-order valence-corrected chi connectivity index (χ0v) is 23.4. The summed E-state index contributed by atoms with van der Waals surface area (Å²) in [5, 5.41) is 4.03. The summed E-state index contributed by atoms with van der Waals surface area (Å²) in [6.07, 6.45) is 1.27. The van der Waals surface area contributed by atoms with Crippen LogP contribution in [0.15, 0.2) is 107 Å². The molecule has 0 aliphatic rings. The Morgan fingerprint density at radius 1 is 0.951 bits per heavy atom. The van der Waals surface area contributed by atoms with Gasteiger partial charge in [-0.05, 0) is 66.1 Å². The predicted octanol–water partition coefficient (Wildman–Crippen LogP) is 5.28. The van der Waals surface area contributed by atoms with Gasteiger partial charge in [0.25, 0.3) is 0 Å². The lowest BCUT2D eigenvalue weighted by molar-refractivity contribution is -0.121. The molecule has 0 heterocycles. The van der Waals surface area contributed by atoms with Gasteiger partial charge in [0.15, 0.2) is 11.5 Å². The Morgan fingerprint density at radius 3 is 2.34 bits per heavy atom. The molecule has 1 amide bonds. The molecule has 1 atom stereocenters. The maximum atomic E-state index is 13.1. The summed E-state index contributed by atoms with van der Waals surface area (Å²) in [5.74, 6) is 0.149. The summed E-state index contributed by atoms with van der Waals surface area (Å²) >= 11 is 0. The van der Waals surface area contributed by atoms with E-state index in [4.69, 9.17) is 9.47 Å². The highest BCUT2D eigenvalue weighted by atomic mass is 32.2. The molecule has 10 heteroatoms. The molecule has 0 bridgehead atoms. The van der Waals surface area contributed by atoms with Crippen molar-refractivity contribution in [1.29, 1.82) is 0 Å². The topological polar surface area (TPSA) is 106 Å². The molecule has 0 radical (unpaired) electrons. The van der Waals surface area contributed by atoms with Crippen LogP contribution < -0.4 is 19.6 Å². The van der Waals surface area contributed by atoms with E-state index in [9.17, 15) is 17.6 Å². The van der Waals surface area contributed by atoms with Gasteiger partial charge in [-0.25, -0.2) is 23.0 Å². The van der Waals surface area contributed by atoms with Crippen molar-refractivity contribution < 1.29 is 27.1 Å². The second-order valence-corrected chi connectivity index (χ2v) is 10.9. The van der Waals surface area contributed by atoms with Crippen molar-refractivity contribution in [3.05, 3.63) is 125 Å². The Labute approximate surface area is 238 Å². The lowest BCUT2D eigenvalue weighted by Gasteiger charge is -2.18. The van der Waals surface area contributed by atoms with Gasteiger partial charge in [0.05, 0.1) is 24.3 Å².